The maximum atomic E-state index is 5.81. The van der Waals surface area contributed by atoms with Crippen molar-refractivity contribution in [3.05, 3.63) is 48.2 Å². The van der Waals surface area contributed by atoms with Crippen LogP contribution in [0.4, 0.5) is 5.82 Å². The third-order valence-electron chi connectivity index (χ3n) is 2.51. The predicted molar refractivity (Wildman–Crippen MR) is 63.5 cm³/mol. The van der Waals surface area contributed by atoms with Crippen molar-refractivity contribution < 1.29 is 0 Å². The first-order valence-electron chi connectivity index (χ1n) is 5.11. The summed E-state index contributed by atoms with van der Waals surface area (Å²) >= 11 is 0. The fourth-order valence-corrected chi connectivity index (χ4v) is 1.58. The van der Waals surface area contributed by atoms with Crippen LogP contribution < -0.4 is 5.73 Å². The summed E-state index contributed by atoms with van der Waals surface area (Å²) in [6.07, 6.45) is 2.77. The van der Waals surface area contributed by atoms with Gasteiger partial charge in [0.1, 0.15) is 5.82 Å². The average Bonchev–Trinajstić information content (AvgIpc) is 2.30. The fourth-order valence-electron chi connectivity index (χ4n) is 1.58. The Morgan fingerprint density at radius 3 is 2.47 bits per heavy atom. The number of nitrogens with two attached hydrogens (primary N) is 1. The molecule has 1 aromatic heterocycles. The molecule has 2 heteroatoms. The highest BCUT2D eigenvalue weighted by Crippen LogP contribution is 2.23. The van der Waals surface area contributed by atoms with E-state index in [1.165, 1.54) is 5.56 Å². The van der Waals surface area contributed by atoms with E-state index in [1.54, 1.807) is 6.20 Å². The monoisotopic (exact) mass is 198 g/mol. The van der Waals surface area contributed by atoms with E-state index >= 15 is 0 Å². The SMILES string of the molecule is CCc1ccc(-c2cccnc2N)cc1. The van der Waals surface area contributed by atoms with Crippen LogP contribution in [-0.4, -0.2) is 4.98 Å². The number of aryl methyl sites for hydroxylation is 1. The minimum absolute atomic E-state index is 0.585. The van der Waals surface area contributed by atoms with Gasteiger partial charge in [-0.15, -0.1) is 0 Å². The fraction of sp³-hybridized carbons (Fsp3) is 0.154. The van der Waals surface area contributed by atoms with Crippen LogP contribution in [0.15, 0.2) is 42.6 Å². The molecule has 0 saturated heterocycles. The van der Waals surface area contributed by atoms with Crippen LogP contribution in [0, 0.1) is 0 Å². The Hall–Kier alpha value is -1.83. The molecule has 0 aliphatic rings. The summed E-state index contributed by atoms with van der Waals surface area (Å²) in [6.45, 7) is 2.15. The van der Waals surface area contributed by atoms with Crippen molar-refractivity contribution in [3.8, 4) is 11.1 Å². The van der Waals surface area contributed by atoms with E-state index in [4.69, 9.17) is 5.73 Å². The molecule has 0 bridgehead atoms. The summed E-state index contributed by atoms with van der Waals surface area (Å²) in [5.41, 5.74) is 9.27. The standard InChI is InChI=1S/C13H14N2/c1-2-10-5-7-11(8-6-10)12-4-3-9-15-13(12)14/h3-9H,2H2,1H3,(H2,14,15). The molecule has 1 aromatic carbocycles. The largest absolute Gasteiger partial charge is 0.383 e. The highest BCUT2D eigenvalue weighted by atomic mass is 14.8. The zero-order chi connectivity index (χ0) is 10.7. The van der Waals surface area contributed by atoms with Gasteiger partial charge in [-0.3, -0.25) is 0 Å². The molecule has 76 valence electrons. The molecule has 0 spiro atoms. The number of hydrogen-bond acceptors (Lipinski definition) is 2. The summed E-state index contributed by atoms with van der Waals surface area (Å²) in [7, 11) is 0. The number of hydrogen-bond donors (Lipinski definition) is 1. The second-order valence-electron chi connectivity index (χ2n) is 3.49. The van der Waals surface area contributed by atoms with Crippen molar-refractivity contribution in [3.63, 3.8) is 0 Å². The van der Waals surface area contributed by atoms with Crippen molar-refractivity contribution in [2.45, 2.75) is 13.3 Å². The molecule has 0 saturated carbocycles. The number of anilines is 1. The Bertz CT molecular complexity index is 446. The summed E-state index contributed by atoms with van der Waals surface area (Å²) < 4.78 is 0. The smallest absolute Gasteiger partial charge is 0.131 e. The first-order chi connectivity index (χ1) is 7.31. The minimum atomic E-state index is 0.585. The van der Waals surface area contributed by atoms with Crippen molar-refractivity contribution in [1.29, 1.82) is 0 Å². The van der Waals surface area contributed by atoms with Crippen LogP contribution >= 0.6 is 0 Å². The van der Waals surface area contributed by atoms with Gasteiger partial charge >= 0.3 is 0 Å². The van der Waals surface area contributed by atoms with Crippen LogP contribution in [0.5, 0.6) is 0 Å². The van der Waals surface area contributed by atoms with Crippen LogP contribution in [0.1, 0.15) is 12.5 Å². The maximum Gasteiger partial charge on any atom is 0.131 e. The van der Waals surface area contributed by atoms with Gasteiger partial charge < -0.3 is 5.73 Å². The van der Waals surface area contributed by atoms with Gasteiger partial charge in [0.25, 0.3) is 0 Å². The van der Waals surface area contributed by atoms with E-state index in [2.05, 4.69) is 36.2 Å². The van der Waals surface area contributed by atoms with E-state index < -0.39 is 0 Å². The van der Waals surface area contributed by atoms with Crippen LogP contribution in [-0.2, 0) is 6.42 Å². The van der Waals surface area contributed by atoms with Crippen molar-refractivity contribution in [2.75, 3.05) is 5.73 Å². The Kier molecular flexibility index (Phi) is 2.68. The van der Waals surface area contributed by atoms with E-state index in [0.717, 1.165) is 17.5 Å². The molecule has 2 aromatic rings. The quantitative estimate of drug-likeness (QED) is 0.805. The number of pyridine rings is 1. The summed E-state index contributed by atoms with van der Waals surface area (Å²) in [4.78, 5) is 4.08. The molecular formula is C13H14N2. The summed E-state index contributed by atoms with van der Waals surface area (Å²) in [5, 5.41) is 0. The van der Waals surface area contributed by atoms with E-state index in [-0.39, 0.29) is 0 Å². The summed E-state index contributed by atoms with van der Waals surface area (Å²) in [6, 6.07) is 12.3. The third-order valence-corrected chi connectivity index (χ3v) is 2.51. The molecule has 0 fully saturated rings. The number of rotatable bonds is 2. The number of nitrogen functional groups attached to an aromatic ring is 1. The van der Waals surface area contributed by atoms with Crippen LogP contribution in [0.25, 0.3) is 11.1 Å². The molecule has 0 unspecified atom stereocenters. The van der Waals surface area contributed by atoms with E-state index in [0.29, 0.717) is 5.82 Å². The molecule has 2 rings (SSSR count). The van der Waals surface area contributed by atoms with E-state index in [9.17, 15) is 0 Å². The molecule has 1 heterocycles. The first kappa shape index (κ1) is 9.71. The van der Waals surface area contributed by atoms with E-state index in [1.807, 2.05) is 12.1 Å². The molecule has 2 nitrogen and oxygen atoms in total. The molecule has 0 amide bonds. The number of benzene rings is 1. The Morgan fingerprint density at radius 2 is 1.87 bits per heavy atom. The van der Waals surface area contributed by atoms with Crippen molar-refractivity contribution in [1.82, 2.24) is 4.98 Å². The van der Waals surface area contributed by atoms with Crippen LogP contribution in [0.2, 0.25) is 0 Å². The normalized spacial score (nSPS) is 10.2. The maximum absolute atomic E-state index is 5.81. The first-order valence-corrected chi connectivity index (χ1v) is 5.11. The predicted octanol–water partition coefficient (Wildman–Crippen LogP) is 2.89. The van der Waals surface area contributed by atoms with Gasteiger partial charge in [0.05, 0.1) is 0 Å². The van der Waals surface area contributed by atoms with Crippen molar-refractivity contribution in [2.24, 2.45) is 0 Å². The molecular weight excluding hydrogens is 184 g/mol. The minimum Gasteiger partial charge on any atom is -0.383 e. The molecule has 0 radical (unpaired) electrons. The zero-order valence-corrected chi connectivity index (χ0v) is 8.77. The number of aromatic nitrogens is 1. The molecule has 2 N–H and O–H groups in total. The second-order valence-corrected chi connectivity index (χ2v) is 3.49. The van der Waals surface area contributed by atoms with Gasteiger partial charge in [-0.05, 0) is 29.7 Å². The van der Waals surface area contributed by atoms with Crippen molar-refractivity contribution >= 4 is 5.82 Å². The second kappa shape index (κ2) is 4.13. The van der Waals surface area contributed by atoms with Gasteiger partial charge in [-0.25, -0.2) is 4.98 Å². The summed E-state index contributed by atoms with van der Waals surface area (Å²) in [5.74, 6) is 0.585. The van der Waals surface area contributed by atoms with Gasteiger partial charge in [0, 0.05) is 11.8 Å². The Balaban J connectivity index is 2.42. The average molecular weight is 198 g/mol. The lowest BCUT2D eigenvalue weighted by atomic mass is 10.0. The molecule has 0 aliphatic carbocycles. The van der Waals surface area contributed by atoms with Gasteiger partial charge in [0.15, 0.2) is 0 Å². The van der Waals surface area contributed by atoms with Gasteiger partial charge in [0.2, 0.25) is 0 Å². The topological polar surface area (TPSA) is 38.9 Å². The Labute approximate surface area is 89.8 Å². The Morgan fingerprint density at radius 1 is 1.13 bits per heavy atom. The number of nitrogens with zero attached hydrogens (tertiary/aromatic N) is 1. The highest BCUT2D eigenvalue weighted by molar-refractivity contribution is 5.73. The van der Waals surface area contributed by atoms with Crippen LogP contribution in [0.3, 0.4) is 0 Å². The lowest BCUT2D eigenvalue weighted by Crippen LogP contribution is -1.92. The molecule has 15 heavy (non-hydrogen) atoms. The zero-order valence-electron chi connectivity index (χ0n) is 8.77. The molecule has 0 atom stereocenters. The lowest BCUT2D eigenvalue weighted by molar-refractivity contribution is 1.14. The van der Waals surface area contributed by atoms with Gasteiger partial charge in [-0.1, -0.05) is 31.2 Å². The van der Waals surface area contributed by atoms with Gasteiger partial charge in [-0.2, -0.15) is 0 Å². The third kappa shape index (κ3) is 1.99. The highest BCUT2D eigenvalue weighted by Gasteiger charge is 2.01. The molecule has 0 aliphatic heterocycles. The lowest BCUT2D eigenvalue weighted by Gasteiger charge is -2.05.